The second kappa shape index (κ2) is 10.2. The number of aryl methyl sites for hydroxylation is 1. The lowest BCUT2D eigenvalue weighted by molar-refractivity contribution is 0.0983. The Balaban J connectivity index is 1.85. The Hall–Kier alpha value is -3.02. The molecular formula is C21H26N2O4. The molecule has 0 aromatic heterocycles. The lowest BCUT2D eigenvalue weighted by Gasteiger charge is -2.13. The maximum Gasteiger partial charge on any atom is 0.319 e. The van der Waals surface area contributed by atoms with Gasteiger partial charge in [0.2, 0.25) is 0 Å². The molecule has 0 saturated carbocycles. The molecule has 2 aromatic rings. The molecule has 0 fully saturated rings. The summed E-state index contributed by atoms with van der Waals surface area (Å²) in [5.74, 6) is 1.20. The topological polar surface area (TPSA) is 76.7 Å². The minimum absolute atomic E-state index is 0.00463. The SMILES string of the molecule is CCOc1ccc(NC(=O)NCCC(=O)c2ccc(C)cc2)cc1OCC. The minimum Gasteiger partial charge on any atom is -0.490 e. The van der Waals surface area contributed by atoms with Crippen LogP contribution in [-0.2, 0) is 0 Å². The van der Waals surface area contributed by atoms with E-state index < -0.39 is 0 Å². The van der Waals surface area contributed by atoms with Gasteiger partial charge in [-0.2, -0.15) is 0 Å². The number of hydrogen-bond donors (Lipinski definition) is 2. The third kappa shape index (κ3) is 6.33. The number of hydrogen-bond acceptors (Lipinski definition) is 4. The van der Waals surface area contributed by atoms with Crippen molar-refractivity contribution in [2.45, 2.75) is 27.2 Å². The summed E-state index contributed by atoms with van der Waals surface area (Å²) in [6, 6.07) is 12.2. The Morgan fingerprint density at radius 1 is 0.926 bits per heavy atom. The van der Waals surface area contributed by atoms with Crippen LogP contribution in [0.15, 0.2) is 42.5 Å². The molecule has 0 spiro atoms. The van der Waals surface area contributed by atoms with Crippen molar-refractivity contribution in [3.05, 3.63) is 53.6 Å². The van der Waals surface area contributed by atoms with Gasteiger partial charge in [-0.1, -0.05) is 29.8 Å². The maximum atomic E-state index is 12.1. The van der Waals surface area contributed by atoms with Crippen molar-refractivity contribution >= 4 is 17.5 Å². The van der Waals surface area contributed by atoms with E-state index in [1.54, 1.807) is 30.3 Å². The first kappa shape index (κ1) is 20.3. The molecule has 6 nitrogen and oxygen atoms in total. The third-order valence-corrected chi connectivity index (χ3v) is 3.81. The molecule has 0 saturated heterocycles. The largest absolute Gasteiger partial charge is 0.490 e. The molecule has 0 unspecified atom stereocenters. The van der Waals surface area contributed by atoms with Gasteiger partial charge >= 0.3 is 6.03 Å². The number of ether oxygens (including phenoxy) is 2. The number of ketones is 1. The first-order valence-electron chi connectivity index (χ1n) is 9.07. The highest BCUT2D eigenvalue weighted by atomic mass is 16.5. The summed E-state index contributed by atoms with van der Waals surface area (Å²) in [5.41, 5.74) is 2.34. The molecule has 144 valence electrons. The van der Waals surface area contributed by atoms with Gasteiger partial charge in [0.15, 0.2) is 17.3 Å². The van der Waals surface area contributed by atoms with Crippen LogP contribution in [0.5, 0.6) is 11.5 Å². The molecule has 0 aliphatic rings. The average Bonchev–Trinajstić information content (AvgIpc) is 2.64. The summed E-state index contributed by atoms with van der Waals surface area (Å²) in [6.07, 6.45) is 0.240. The summed E-state index contributed by atoms with van der Waals surface area (Å²) in [7, 11) is 0. The molecule has 0 atom stereocenters. The molecule has 0 heterocycles. The zero-order chi connectivity index (χ0) is 19.6. The Morgan fingerprint density at radius 3 is 2.26 bits per heavy atom. The van der Waals surface area contributed by atoms with E-state index in [9.17, 15) is 9.59 Å². The summed E-state index contributed by atoms with van der Waals surface area (Å²) < 4.78 is 11.0. The van der Waals surface area contributed by atoms with E-state index in [1.807, 2.05) is 32.9 Å². The normalized spacial score (nSPS) is 10.2. The molecule has 2 amide bonds. The predicted octanol–water partition coefficient (Wildman–Crippen LogP) is 4.19. The standard InChI is InChI=1S/C21H26N2O4/c1-4-26-19-11-10-17(14-20(19)27-5-2)23-21(25)22-13-12-18(24)16-8-6-15(3)7-9-16/h6-11,14H,4-5,12-13H2,1-3H3,(H2,22,23,25). The molecule has 27 heavy (non-hydrogen) atoms. The number of amides is 2. The lowest BCUT2D eigenvalue weighted by Crippen LogP contribution is -2.30. The molecule has 2 rings (SSSR count). The van der Waals surface area contributed by atoms with Gasteiger partial charge in [-0.05, 0) is 32.9 Å². The van der Waals surface area contributed by atoms with Crippen molar-refractivity contribution in [1.29, 1.82) is 0 Å². The lowest BCUT2D eigenvalue weighted by atomic mass is 10.1. The van der Waals surface area contributed by atoms with Crippen LogP contribution in [0.3, 0.4) is 0 Å². The van der Waals surface area contributed by atoms with Crippen LogP contribution in [0.25, 0.3) is 0 Å². The molecular weight excluding hydrogens is 344 g/mol. The fourth-order valence-corrected chi connectivity index (χ4v) is 2.48. The van der Waals surface area contributed by atoms with Gasteiger partial charge in [0, 0.05) is 30.3 Å². The second-order valence-electron chi connectivity index (χ2n) is 5.95. The van der Waals surface area contributed by atoms with Gasteiger partial charge < -0.3 is 20.1 Å². The Morgan fingerprint density at radius 2 is 1.59 bits per heavy atom. The second-order valence-corrected chi connectivity index (χ2v) is 5.95. The summed E-state index contributed by atoms with van der Waals surface area (Å²) >= 11 is 0. The zero-order valence-electron chi connectivity index (χ0n) is 16.0. The predicted molar refractivity (Wildman–Crippen MR) is 106 cm³/mol. The number of Topliss-reactive ketones (excluding diaryl/α,β-unsaturated/α-hetero) is 1. The number of nitrogens with one attached hydrogen (secondary N) is 2. The number of carbonyl (C=O) groups is 2. The van der Waals surface area contributed by atoms with Crippen LogP contribution in [0.1, 0.15) is 36.2 Å². The maximum absolute atomic E-state index is 12.1. The highest BCUT2D eigenvalue weighted by molar-refractivity contribution is 5.96. The van der Waals surface area contributed by atoms with E-state index in [0.717, 1.165) is 5.56 Å². The van der Waals surface area contributed by atoms with Crippen molar-refractivity contribution < 1.29 is 19.1 Å². The first-order chi connectivity index (χ1) is 13.0. The van der Waals surface area contributed by atoms with Crippen LogP contribution in [0.2, 0.25) is 0 Å². The van der Waals surface area contributed by atoms with Crippen molar-refractivity contribution in [1.82, 2.24) is 5.32 Å². The Labute approximate surface area is 159 Å². The number of rotatable bonds is 9. The van der Waals surface area contributed by atoms with E-state index in [2.05, 4.69) is 10.6 Å². The molecule has 2 N–H and O–H groups in total. The van der Waals surface area contributed by atoms with Crippen molar-refractivity contribution in [2.24, 2.45) is 0 Å². The third-order valence-electron chi connectivity index (χ3n) is 3.81. The van der Waals surface area contributed by atoms with Gasteiger partial charge in [0.1, 0.15) is 0 Å². The zero-order valence-corrected chi connectivity index (χ0v) is 16.0. The van der Waals surface area contributed by atoms with Crippen LogP contribution in [0.4, 0.5) is 10.5 Å². The van der Waals surface area contributed by atoms with Crippen LogP contribution in [-0.4, -0.2) is 31.6 Å². The number of benzene rings is 2. The Bertz CT molecular complexity index is 772. The summed E-state index contributed by atoms with van der Waals surface area (Å²) in [6.45, 7) is 7.03. The summed E-state index contributed by atoms with van der Waals surface area (Å²) in [5, 5.41) is 5.43. The summed E-state index contributed by atoms with van der Waals surface area (Å²) in [4.78, 5) is 24.2. The minimum atomic E-state index is -0.377. The number of urea groups is 1. The van der Waals surface area contributed by atoms with Crippen LogP contribution in [0, 0.1) is 6.92 Å². The number of anilines is 1. The van der Waals surface area contributed by atoms with Gasteiger partial charge in [0.25, 0.3) is 0 Å². The fourth-order valence-electron chi connectivity index (χ4n) is 2.48. The van der Waals surface area contributed by atoms with E-state index in [1.165, 1.54) is 0 Å². The van der Waals surface area contributed by atoms with E-state index in [4.69, 9.17) is 9.47 Å². The monoisotopic (exact) mass is 370 g/mol. The van der Waals surface area contributed by atoms with Crippen LogP contribution < -0.4 is 20.1 Å². The molecule has 0 aliphatic heterocycles. The fraction of sp³-hybridized carbons (Fsp3) is 0.333. The highest BCUT2D eigenvalue weighted by Crippen LogP contribution is 2.30. The van der Waals surface area contributed by atoms with Gasteiger partial charge in [-0.3, -0.25) is 4.79 Å². The van der Waals surface area contributed by atoms with Gasteiger partial charge in [-0.25, -0.2) is 4.79 Å². The number of carbonyl (C=O) groups excluding carboxylic acids is 2. The average molecular weight is 370 g/mol. The van der Waals surface area contributed by atoms with Crippen molar-refractivity contribution in [3.8, 4) is 11.5 Å². The molecule has 6 heteroatoms. The first-order valence-corrected chi connectivity index (χ1v) is 9.07. The Kier molecular flexibility index (Phi) is 7.67. The van der Waals surface area contributed by atoms with E-state index in [0.29, 0.717) is 36.0 Å². The molecule has 0 bridgehead atoms. The van der Waals surface area contributed by atoms with Gasteiger partial charge in [-0.15, -0.1) is 0 Å². The van der Waals surface area contributed by atoms with Crippen molar-refractivity contribution in [2.75, 3.05) is 25.1 Å². The van der Waals surface area contributed by atoms with Crippen LogP contribution >= 0.6 is 0 Å². The molecule has 0 aliphatic carbocycles. The molecule has 0 radical (unpaired) electrons. The smallest absolute Gasteiger partial charge is 0.319 e. The van der Waals surface area contributed by atoms with Crippen molar-refractivity contribution in [3.63, 3.8) is 0 Å². The highest BCUT2D eigenvalue weighted by Gasteiger charge is 2.10. The molecule has 2 aromatic carbocycles. The van der Waals surface area contributed by atoms with Gasteiger partial charge in [0.05, 0.1) is 13.2 Å². The van der Waals surface area contributed by atoms with E-state index in [-0.39, 0.29) is 24.8 Å². The quantitative estimate of drug-likeness (QED) is 0.649. The van der Waals surface area contributed by atoms with E-state index >= 15 is 0 Å².